The molecule has 0 aliphatic rings. The maximum absolute atomic E-state index is 10.6. The summed E-state index contributed by atoms with van der Waals surface area (Å²) in [6.45, 7) is 1.89. The van der Waals surface area contributed by atoms with Crippen LogP contribution in [-0.2, 0) is 0 Å². The second-order valence-electron chi connectivity index (χ2n) is 2.85. The Morgan fingerprint density at radius 3 is 3.00 bits per heavy atom. The average molecular weight is 195 g/mol. The Hall–Kier alpha value is -1.35. The van der Waals surface area contributed by atoms with Gasteiger partial charge in [-0.25, -0.2) is 0 Å². The molecule has 0 aliphatic carbocycles. The van der Waals surface area contributed by atoms with Gasteiger partial charge in [-0.05, 0) is 18.6 Å². The fraction of sp³-hybridized carbons (Fsp3) is 0.111. The van der Waals surface area contributed by atoms with E-state index in [0.717, 1.165) is 17.4 Å². The summed E-state index contributed by atoms with van der Waals surface area (Å²) in [4.78, 5) is 10.6. The van der Waals surface area contributed by atoms with E-state index in [-0.39, 0.29) is 0 Å². The van der Waals surface area contributed by atoms with Crippen molar-refractivity contribution in [1.29, 1.82) is 0 Å². The molecule has 1 N–H and O–H groups in total. The number of halogens is 1. The number of aryl methyl sites for hydroxylation is 1. The molecule has 0 atom stereocenters. The molecule has 66 valence electrons. The number of aromatic nitrogens is 2. The van der Waals surface area contributed by atoms with Gasteiger partial charge in [-0.3, -0.25) is 9.89 Å². The molecule has 13 heavy (non-hydrogen) atoms. The van der Waals surface area contributed by atoms with E-state index in [2.05, 4.69) is 10.2 Å². The lowest BCUT2D eigenvalue weighted by Crippen LogP contribution is -1.81. The Balaban J connectivity index is 2.93. The van der Waals surface area contributed by atoms with E-state index in [1.54, 1.807) is 0 Å². The van der Waals surface area contributed by atoms with E-state index >= 15 is 0 Å². The van der Waals surface area contributed by atoms with Crippen molar-refractivity contribution in [3.63, 3.8) is 0 Å². The topological polar surface area (TPSA) is 45.8 Å². The van der Waals surface area contributed by atoms with Gasteiger partial charge in [0.2, 0.25) is 0 Å². The quantitative estimate of drug-likeness (QED) is 0.709. The molecule has 0 fully saturated rings. The highest BCUT2D eigenvalue weighted by molar-refractivity contribution is 6.37. The molecule has 0 aliphatic heterocycles. The van der Waals surface area contributed by atoms with E-state index in [9.17, 15) is 4.79 Å². The summed E-state index contributed by atoms with van der Waals surface area (Å²) in [7, 11) is 0. The second-order valence-corrected chi connectivity index (χ2v) is 3.22. The summed E-state index contributed by atoms with van der Waals surface area (Å²) in [5.41, 5.74) is 2.10. The van der Waals surface area contributed by atoms with Crippen molar-refractivity contribution >= 4 is 28.8 Å². The van der Waals surface area contributed by atoms with Crippen LogP contribution in [0.2, 0.25) is 5.02 Å². The first-order valence-corrected chi connectivity index (χ1v) is 4.20. The zero-order chi connectivity index (χ0) is 9.42. The molecule has 0 amide bonds. The number of aromatic amines is 1. The Labute approximate surface area is 79.7 Å². The molecule has 2 aromatic rings. The van der Waals surface area contributed by atoms with Gasteiger partial charge in [0, 0.05) is 5.39 Å². The SMILES string of the molecule is Cc1ccc2n[nH]c(C=O)c2c1Cl. The molecule has 0 saturated heterocycles. The lowest BCUT2D eigenvalue weighted by molar-refractivity contribution is 0.112. The minimum atomic E-state index is 0.434. The maximum Gasteiger partial charge on any atom is 0.168 e. The van der Waals surface area contributed by atoms with E-state index in [4.69, 9.17) is 11.6 Å². The molecule has 1 heterocycles. The zero-order valence-electron chi connectivity index (χ0n) is 6.97. The fourth-order valence-electron chi connectivity index (χ4n) is 1.28. The summed E-state index contributed by atoms with van der Waals surface area (Å²) in [6.07, 6.45) is 0.723. The predicted octanol–water partition coefficient (Wildman–Crippen LogP) is 2.34. The maximum atomic E-state index is 10.6. The molecule has 1 aromatic carbocycles. The first-order valence-electron chi connectivity index (χ1n) is 3.82. The fourth-order valence-corrected chi connectivity index (χ4v) is 1.54. The number of nitrogens with one attached hydrogen (secondary N) is 1. The molecule has 4 heteroatoms. The third kappa shape index (κ3) is 1.12. The number of aldehydes is 1. The molecule has 0 spiro atoms. The highest BCUT2D eigenvalue weighted by Crippen LogP contribution is 2.27. The molecular formula is C9H7ClN2O. The molecular weight excluding hydrogens is 188 g/mol. The van der Waals surface area contributed by atoms with Gasteiger partial charge >= 0.3 is 0 Å². The van der Waals surface area contributed by atoms with Crippen molar-refractivity contribution in [2.75, 3.05) is 0 Å². The summed E-state index contributed by atoms with van der Waals surface area (Å²) >= 11 is 6.03. The van der Waals surface area contributed by atoms with Gasteiger partial charge in [0.05, 0.1) is 10.5 Å². The number of hydrogen-bond acceptors (Lipinski definition) is 2. The Kier molecular flexibility index (Phi) is 1.81. The third-order valence-electron chi connectivity index (χ3n) is 2.00. The van der Waals surface area contributed by atoms with Gasteiger partial charge in [0.25, 0.3) is 0 Å². The largest absolute Gasteiger partial charge is 0.296 e. The molecule has 0 saturated carbocycles. The first kappa shape index (κ1) is 8.26. The molecule has 3 nitrogen and oxygen atoms in total. The second kappa shape index (κ2) is 2.85. The minimum absolute atomic E-state index is 0.434. The van der Waals surface area contributed by atoms with E-state index in [0.29, 0.717) is 16.1 Å². The van der Waals surface area contributed by atoms with Crippen LogP contribution in [0.5, 0.6) is 0 Å². The number of H-pyrrole nitrogens is 1. The monoisotopic (exact) mass is 194 g/mol. The van der Waals surface area contributed by atoms with Crippen LogP contribution in [0, 0.1) is 6.92 Å². The lowest BCUT2D eigenvalue weighted by atomic mass is 10.1. The van der Waals surface area contributed by atoms with Gasteiger partial charge in [-0.1, -0.05) is 17.7 Å². The van der Waals surface area contributed by atoms with E-state index < -0.39 is 0 Å². The molecule has 2 rings (SSSR count). The number of hydrogen-bond donors (Lipinski definition) is 1. The zero-order valence-corrected chi connectivity index (χ0v) is 7.72. The average Bonchev–Trinajstić information content (AvgIpc) is 2.55. The number of carbonyl (C=O) groups is 1. The molecule has 0 radical (unpaired) electrons. The van der Waals surface area contributed by atoms with Crippen LogP contribution in [0.15, 0.2) is 12.1 Å². The third-order valence-corrected chi connectivity index (χ3v) is 2.48. The van der Waals surface area contributed by atoms with Gasteiger partial charge < -0.3 is 0 Å². The number of carbonyl (C=O) groups excluding carboxylic acids is 1. The molecule has 1 aromatic heterocycles. The van der Waals surface area contributed by atoms with Gasteiger partial charge in [-0.15, -0.1) is 0 Å². The van der Waals surface area contributed by atoms with Crippen LogP contribution in [0.3, 0.4) is 0 Å². The Morgan fingerprint density at radius 1 is 1.54 bits per heavy atom. The van der Waals surface area contributed by atoms with Crippen LogP contribution in [-0.4, -0.2) is 16.5 Å². The Morgan fingerprint density at radius 2 is 2.31 bits per heavy atom. The van der Waals surface area contributed by atoms with E-state index in [1.165, 1.54) is 0 Å². The summed E-state index contributed by atoms with van der Waals surface area (Å²) in [5, 5.41) is 7.88. The normalized spacial score (nSPS) is 10.6. The summed E-state index contributed by atoms with van der Waals surface area (Å²) < 4.78 is 0. The van der Waals surface area contributed by atoms with Crippen LogP contribution in [0.25, 0.3) is 10.9 Å². The Bertz CT molecular complexity index is 476. The van der Waals surface area contributed by atoms with Gasteiger partial charge in [0.1, 0.15) is 5.69 Å². The van der Waals surface area contributed by atoms with Crippen molar-refractivity contribution in [2.45, 2.75) is 6.92 Å². The highest BCUT2D eigenvalue weighted by atomic mass is 35.5. The van der Waals surface area contributed by atoms with Crippen molar-refractivity contribution in [3.8, 4) is 0 Å². The van der Waals surface area contributed by atoms with Gasteiger partial charge in [0.15, 0.2) is 6.29 Å². The van der Waals surface area contributed by atoms with Crippen LogP contribution in [0.1, 0.15) is 16.1 Å². The van der Waals surface area contributed by atoms with Crippen LogP contribution < -0.4 is 0 Å². The summed E-state index contributed by atoms with van der Waals surface area (Å²) in [5.74, 6) is 0. The van der Waals surface area contributed by atoms with Crippen LogP contribution in [0.4, 0.5) is 0 Å². The van der Waals surface area contributed by atoms with Crippen molar-refractivity contribution in [1.82, 2.24) is 10.2 Å². The molecule has 0 unspecified atom stereocenters. The number of nitrogens with zero attached hydrogens (tertiary/aromatic N) is 1. The highest BCUT2D eigenvalue weighted by Gasteiger charge is 2.09. The van der Waals surface area contributed by atoms with E-state index in [1.807, 2.05) is 19.1 Å². The summed E-state index contributed by atoms with van der Waals surface area (Å²) in [6, 6.07) is 3.71. The standard InChI is InChI=1S/C9H7ClN2O/c1-5-2-3-6-8(9(5)10)7(4-13)12-11-6/h2-4H,1H3,(H,11,12). The van der Waals surface area contributed by atoms with Crippen molar-refractivity contribution in [3.05, 3.63) is 28.4 Å². The molecule has 0 bridgehead atoms. The number of benzene rings is 1. The van der Waals surface area contributed by atoms with Crippen molar-refractivity contribution in [2.24, 2.45) is 0 Å². The lowest BCUT2D eigenvalue weighted by Gasteiger charge is -1.97. The smallest absolute Gasteiger partial charge is 0.168 e. The first-order chi connectivity index (χ1) is 6.24. The minimum Gasteiger partial charge on any atom is -0.296 e. The van der Waals surface area contributed by atoms with Crippen molar-refractivity contribution < 1.29 is 4.79 Å². The number of rotatable bonds is 1. The number of fused-ring (bicyclic) bond motifs is 1. The van der Waals surface area contributed by atoms with Gasteiger partial charge in [-0.2, -0.15) is 5.10 Å². The predicted molar refractivity (Wildman–Crippen MR) is 51.2 cm³/mol. The van der Waals surface area contributed by atoms with Crippen LogP contribution >= 0.6 is 11.6 Å².